The molecule has 4 aromatic rings. The molecule has 0 aliphatic carbocycles. The maximum Gasteiger partial charge on any atom is 0.257 e. The summed E-state index contributed by atoms with van der Waals surface area (Å²) in [5.74, 6) is 0.537. The zero-order chi connectivity index (χ0) is 22.0. The van der Waals surface area contributed by atoms with Crippen molar-refractivity contribution in [2.75, 3.05) is 12.4 Å². The fourth-order valence-electron chi connectivity index (χ4n) is 2.90. The number of aromatic nitrogens is 1. The van der Waals surface area contributed by atoms with Crippen LogP contribution < -0.4 is 15.4 Å². The molecule has 1 amide bonds. The van der Waals surface area contributed by atoms with Crippen molar-refractivity contribution in [3.8, 4) is 17.2 Å². The van der Waals surface area contributed by atoms with Gasteiger partial charge in [-0.15, -0.1) is 0 Å². The van der Waals surface area contributed by atoms with Crippen LogP contribution in [0.15, 0.2) is 65.1 Å². The van der Waals surface area contributed by atoms with E-state index in [-0.39, 0.29) is 5.11 Å². The molecule has 0 spiro atoms. The van der Waals surface area contributed by atoms with E-state index in [1.807, 2.05) is 24.3 Å². The van der Waals surface area contributed by atoms with Gasteiger partial charge < -0.3 is 14.5 Å². The number of carbonyl (C=O) groups excluding carboxylic acids is 1. The first-order valence-electron chi connectivity index (χ1n) is 9.05. The number of methoxy groups -OCH3 is 1. The van der Waals surface area contributed by atoms with Crippen LogP contribution in [0.5, 0.6) is 5.75 Å². The van der Waals surface area contributed by atoms with Gasteiger partial charge in [0, 0.05) is 21.8 Å². The molecular formula is C22H15Cl2N3O3S. The van der Waals surface area contributed by atoms with Crippen LogP contribution in [0, 0.1) is 0 Å². The molecule has 0 fully saturated rings. The van der Waals surface area contributed by atoms with Crippen LogP contribution >= 0.6 is 35.4 Å². The second-order valence-corrected chi connectivity index (χ2v) is 7.72. The predicted molar refractivity (Wildman–Crippen MR) is 126 cm³/mol. The second-order valence-electron chi connectivity index (χ2n) is 6.47. The zero-order valence-corrected chi connectivity index (χ0v) is 18.4. The highest BCUT2D eigenvalue weighted by Gasteiger charge is 2.12. The van der Waals surface area contributed by atoms with E-state index in [0.29, 0.717) is 44.0 Å². The number of amides is 1. The summed E-state index contributed by atoms with van der Waals surface area (Å²) >= 11 is 17.4. The Morgan fingerprint density at radius 3 is 2.71 bits per heavy atom. The van der Waals surface area contributed by atoms with Gasteiger partial charge >= 0.3 is 0 Å². The third-order valence-electron chi connectivity index (χ3n) is 4.36. The highest BCUT2D eigenvalue weighted by molar-refractivity contribution is 7.80. The monoisotopic (exact) mass is 471 g/mol. The van der Waals surface area contributed by atoms with Crippen molar-refractivity contribution in [1.29, 1.82) is 0 Å². The summed E-state index contributed by atoms with van der Waals surface area (Å²) in [5, 5.41) is 6.67. The van der Waals surface area contributed by atoms with Crippen LogP contribution in [-0.4, -0.2) is 23.1 Å². The number of anilines is 1. The molecule has 9 heteroatoms. The minimum Gasteiger partial charge on any atom is -0.495 e. The first kappa shape index (κ1) is 21.1. The van der Waals surface area contributed by atoms with Gasteiger partial charge in [0.15, 0.2) is 10.7 Å². The summed E-state index contributed by atoms with van der Waals surface area (Å²) in [4.78, 5) is 16.9. The largest absolute Gasteiger partial charge is 0.495 e. The minimum absolute atomic E-state index is 0.137. The van der Waals surface area contributed by atoms with Crippen molar-refractivity contribution >= 4 is 63.2 Å². The van der Waals surface area contributed by atoms with Crippen molar-refractivity contribution < 1.29 is 13.9 Å². The molecule has 6 nitrogen and oxygen atoms in total. The van der Waals surface area contributed by atoms with Crippen molar-refractivity contribution in [2.24, 2.45) is 0 Å². The van der Waals surface area contributed by atoms with E-state index in [1.165, 1.54) is 13.2 Å². The standard InChI is InChI=1S/C22H15Cl2N3O3S/c1-29-18-7-5-12(10-16(18)24)20(28)27-22(31)25-15-4-2-3-13(9-15)21-26-17-11-14(23)6-8-19(17)30-21/h2-11H,1H3,(H2,25,27,28,31). The summed E-state index contributed by atoms with van der Waals surface area (Å²) in [7, 11) is 1.50. The molecule has 0 saturated carbocycles. The number of hydrogen-bond acceptors (Lipinski definition) is 5. The molecule has 0 saturated heterocycles. The average molecular weight is 472 g/mol. The van der Waals surface area contributed by atoms with Gasteiger partial charge in [0.2, 0.25) is 5.89 Å². The lowest BCUT2D eigenvalue weighted by atomic mass is 10.2. The van der Waals surface area contributed by atoms with E-state index >= 15 is 0 Å². The zero-order valence-electron chi connectivity index (χ0n) is 16.1. The molecule has 4 rings (SSSR count). The predicted octanol–water partition coefficient (Wildman–Crippen LogP) is 5.94. The highest BCUT2D eigenvalue weighted by Crippen LogP contribution is 2.28. The third-order valence-corrected chi connectivity index (χ3v) is 5.09. The molecular weight excluding hydrogens is 457 g/mol. The number of carbonyl (C=O) groups is 1. The number of oxazole rings is 1. The summed E-state index contributed by atoms with van der Waals surface area (Å²) in [6, 6.07) is 17.3. The van der Waals surface area contributed by atoms with E-state index in [0.717, 1.165) is 5.56 Å². The fraction of sp³-hybridized carbons (Fsp3) is 0.0455. The Kier molecular flexibility index (Phi) is 6.08. The third kappa shape index (κ3) is 4.80. The first-order chi connectivity index (χ1) is 14.9. The Hall–Kier alpha value is -3.13. The molecule has 0 aliphatic heterocycles. The van der Waals surface area contributed by atoms with Crippen LogP contribution in [0.2, 0.25) is 10.0 Å². The lowest BCUT2D eigenvalue weighted by molar-refractivity contribution is 0.0977. The average Bonchev–Trinajstić information content (AvgIpc) is 3.17. The Labute approximate surface area is 193 Å². The van der Waals surface area contributed by atoms with Crippen molar-refractivity contribution in [2.45, 2.75) is 0 Å². The topological polar surface area (TPSA) is 76.4 Å². The van der Waals surface area contributed by atoms with Gasteiger partial charge in [-0.25, -0.2) is 4.98 Å². The highest BCUT2D eigenvalue weighted by atomic mass is 35.5. The van der Waals surface area contributed by atoms with Crippen molar-refractivity contribution in [3.05, 3.63) is 76.3 Å². The van der Waals surface area contributed by atoms with Crippen LogP contribution in [-0.2, 0) is 0 Å². The van der Waals surface area contributed by atoms with Gasteiger partial charge in [0.25, 0.3) is 5.91 Å². The molecule has 3 aromatic carbocycles. The Bertz CT molecular complexity index is 1310. The number of benzene rings is 3. The van der Waals surface area contributed by atoms with Crippen molar-refractivity contribution in [1.82, 2.24) is 10.3 Å². The SMILES string of the molecule is COc1ccc(C(=O)NC(=S)Nc2cccc(-c3nc4cc(Cl)ccc4o3)c2)cc1Cl. The van der Waals surface area contributed by atoms with E-state index in [9.17, 15) is 4.79 Å². The van der Waals surface area contributed by atoms with Crippen LogP contribution in [0.4, 0.5) is 5.69 Å². The number of nitrogens with one attached hydrogen (secondary N) is 2. The molecule has 0 atom stereocenters. The molecule has 0 radical (unpaired) electrons. The van der Waals surface area contributed by atoms with E-state index < -0.39 is 5.91 Å². The minimum atomic E-state index is -0.394. The maximum absolute atomic E-state index is 12.4. The van der Waals surface area contributed by atoms with Crippen LogP contribution in [0.3, 0.4) is 0 Å². The summed E-state index contributed by atoms with van der Waals surface area (Å²) in [6.45, 7) is 0. The normalized spacial score (nSPS) is 10.7. The van der Waals surface area contributed by atoms with Crippen LogP contribution in [0.1, 0.15) is 10.4 Å². The molecule has 0 bridgehead atoms. The van der Waals surface area contributed by atoms with E-state index in [2.05, 4.69) is 15.6 Å². The molecule has 2 N–H and O–H groups in total. The maximum atomic E-state index is 12.4. The van der Waals surface area contributed by atoms with Gasteiger partial charge in [0.1, 0.15) is 11.3 Å². The molecule has 0 aliphatic rings. The lowest BCUT2D eigenvalue weighted by Crippen LogP contribution is -2.34. The van der Waals surface area contributed by atoms with Gasteiger partial charge in [-0.3, -0.25) is 10.1 Å². The van der Waals surface area contributed by atoms with E-state index in [1.54, 1.807) is 30.3 Å². The molecule has 0 unspecified atom stereocenters. The van der Waals surface area contributed by atoms with Gasteiger partial charge in [-0.05, 0) is 66.8 Å². The Balaban J connectivity index is 1.47. The summed E-state index contributed by atoms with van der Waals surface area (Å²) < 4.78 is 10.9. The number of thiocarbonyl (C=S) groups is 1. The first-order valence-corrected chi connectivity index (χ1v) is 10.2. The second kappa shape index (κ2) is 8.93. The fourth-order valence-corrected chi connectivity index (χ4v) is 3.53. The van der Waals surface area contributed by atoms with Gasteiger partial charge in [0.05, 0.1) is 12.1 Å². The number of rotatable bonds is 4. The number of halogens is 2. The summed E-state index contributed by atoms with van der Waals surface area (Å²) in [5.41, 5.74) is 3.07. The summed E-state index contributed by atoms with van der Waals surface area (Å²) in [6.07, 6.45) is 0. The molecule has 156 valence electrons. The Morgan fingerprint density at radius 2 is 1.94 bits per heavy atom. The van der Waals surface area contributed by atoms with E-state index in [4.69, 9.17) is 44.6 Å². The molecule has 1 aromatic heterocycles. The molecule has 31 heavy (non-hydrogen) atoms. The van der Waals surface area contributed by atoms with Crippen molar-refractivity contribution in [3.63, 3.8) is 0 Å². The Morgan fingerprint density at radius 1 is 1.10 bits per heavy atom. The number of hydrogen-bond donors (Lipinski definition) is 2. The van der Waals surface area contributed by atoms with Crippen LogP contribution in [0.25, 0.3) is 22.6 Å². The quantitative estimate of drug-likeness (QED) is 0.358. The number of fused-ring (bicyclic) bond motifs is 1. The van der Waals surface area contributed by atoms with Gasteiger partial charge in [-0.2, -0.15) is 0 Å². The molecule has 1 heterocycles. The lowest BCUT2D eigenvalue weighted by Gasteiger charge is -2.11. The number of ether oxygens (including phenoxy) is 1. The smallest absolute Gasteiger partial charge is 0.257 e. The van der Waals surface area contributed by atoms with Gasteiger partial charge in [-0.1, -0.05) is 29.3 Å². The number of nitrogens with zero attached hydrogens (tertiary/aromatic N) is 1.